The molecule has 39 heavy (non-hydrogen) atoms. The van der Waals surface area contributed by atoms with Crippen LogP contribution in [-0.2, 0) is 34.0 Å². The third-order valence-corrected chi connectivity index (χ3v) is 5.89. The van der Waals surface area contributed by atoms with Crippen molar-refractivity contribution in [1.29, 1.82) is 0 Å². The lowest BCUT2D eigenvalue weighted by Crippen LogP contribution is -2.30. The van der Waals surface area contributed by atoms with Crippen molar-refractivity contribution in [3.05, 3.63) is 131 Å². The number of carbonyl (C=O) groups is 3. The second-order valence-electron chi connectivity index (χ2n) is 8.79. The number of anilines is 1. The SMILES string of the molecule is CCOC(=O)C(=O)Nc1cc(C(=O)N(Cc2ccccc2)Cc2ccccc2)ccc1OCc1ccccc1. The normalized spacial score (nSPS) is 10.4. The van der Waals surface area contributed by atoms with Gasteiger partial charge in [-0.15, -0.1) is 0 Å². The summed E-state index contributed by atoms with van der Waals surface area (Å²) in [7, 11) is 0. The van der Waals surface area contributed by atoms with E-state index in [-0.39, 0.29) is 24.8 Å². The second-order valence-corrected chi connectivity index (χ2v) is 8.79. The van der Waals surface area contributed by atoms with Gasteiger partial charge in [-0.3, -0.25) is 9.59 Å². The van der Waals surface area contributed by atoms with Crippen LogP contribution in [0.25, 0.3) is 0 Å². The lowest BCUT2D eigenvalue weighted by atomic mass is 10.1. The highest BCUT2D eigenvalue weighted by Gasteiger charge is 2.22. The zero-order valence-electron chi connectivity index (χ0n) is 21.7. The van der Waals surface area contributed by atoms with Crippen molar-refractivity contribution in [2.75, 3.05) is 11.9 Å². The van der Waals surface area contributed by atoms with E-state index >= 15 is 0 Å². The van der Waals surface area contributed by atoms with Crippen molar-refractivity contribution in [1.82, 2.24) is 4.90 Å². The van der Waals surface area contributed by atoms with Crippen LogP contribution < -0.4 is 10.1 Å². The van der Waals surface area contributed by atoms with E-state index in [1.54, 1.807) is 24.0 Å². The van der Waals surface area contributed by atoms with E-state index in [1.165, 1.54) is 6.07 Å². The Kier molecular flexibility index (Phi) is 9.45. The summed E-state index contributed by atoms with van der Waals surface area (Å²) in [5.41, 5.74) is 3.44. The molecule has 0 atom stereocenters. The summed E-state index contributed by atoms with van der Waals surface area (Å²) in [6.07, 6.45) is 0. The molecule has 0 aliphatic carbocycles. The first kappa shape index (κ1) is 27.1. The maximum atomic E-state index is 13.8. The first-order valence-electron chi connectivity index (χ1n) is 12.7. The number of hydrogen-bond donors (Lipinski definition) is 1. The molecule has 1 N–H and O–H groups in total. The van der Waals surface area contributed by atoms with Gasteiger partial charge in [0.05, 0.1) is 12.3 Å². The van der Waals surface area contributed by atoms with Gasteiger partial charge in [0.1, 0.15) is 12.4 Å². The third-order valence-electron chi connectivity index (χ3n) is 5.89. The number of carbonyl (C=O) groups excluding carboxylic acids is 3. The van der Waals surface area contributed by atoms with E-state index in [0.29, 0.717) is 24.4 Å². The molecule has 0 spiro atoms. The van der Waals surface area contributed by atoms with Gasteiger partial charge in [0.25, 0.3) is 5.91 Å². The highest BCUT2D eigenvalue weighted by molar-refractivity contribution is 6.37. The quantitative estimate of drug-likeness (QED) is 0.216. The lowest BCUT2D eigenvalue weighted by molar-refractivity contribution is -0.152. The van der Waals surface area contributed by atoms with E-state index in [0.717, 1.165) is 16.7 Å². The molecule has 0 unspecified atom stereocenters. The fourth-order valence-electron chi connectivity index (χ4n) is 3.98. The van der Waals surface area contributed by atoms with Crippen LogP contribution in [0.1, 0.15) is 34.0 Å². The van der Waals surface area contributed by atoms with Gasteiger partial charge in [0.2, 0.25) is 0 Å². The highest BCUT2D eigenvalue weighted by atomic mass is 16.5. The van der Waals surface area contributed by atoms with Crippen LogP contribution in [0.3, 0.4) is 0 Å². The Labute approximate surface area is 228 Å². The molecular formula is C32H30N2O5. The minimum atomic E-state index is -1.02. The van der Waals surface area contributed by atoms with Crippen LogP contribution in [0.5, 0.6) is 5.75 Å². The van der Waals surface area contributed by atoms with Gasteiger partial charge in [-0.05, 0) is 41.8 Å². The van der Waals surface area contributed by atoms with Crippen molar-refractivity contribution in [2.24, 2.45) is 0 Å². The Morgan fingerprint density at radius 3 is 1.79 bits per heavy atom. The van der Waals surface area contributed by atoms with Gasteiger partial charge in [-0.25, -0.2) is 4.79 Å². The fraction of sp³-hybridized carbons (Fsp3) is 0.156. The minimum Gasteiger partial charge on any atom is -0.487 e. The fourth-order valence-corrected chi connectivity index (χ4v) is 3.98. The van der Waals surface area contributed by atoms with Crippen molar-refractivity contribution in [3.8, 4) is 5.75 Å². The van der Waals surface area contributed by atoms with Crippen LogP contribution in [-0.4, -0.2) is 29.3 Å². The number of esters is 1. The monoisotopic (exact) mass is 522 g/mol. The van der Waals surface area contributed by atoms with Gasteiger partial charge in [-0.2, -0.15) is 0 Å². The molecule has 4 aromatic carbocycles. The molecular weight excluding hydrogens is 492 g/mol. The molecule has 4 rings (SSSR count). The molecule has 0 saturated heterocycles. The van der Waals surface area contributed by atoms with Crippen molar-refractivity contribution in [3.63, 3.8) is 0 Å². The summed E-state index contributed by atoms with van der Waals surface area (Å²) >= 11 is 0. The van der Waals surface area contributed by atoms with Gasteiger partial charge in [-0.1, -0.05) is 91.0 Å². The van der Waals surface area contributed by atoms with Crippen LogP contribution in [0.15, 0.2) is 109 Å². The summed E-state index contributed by atoms with van der Waals surface area (Å²) in [5, 5.41) is 2.56. The van der Waals surface area contributed by atoms with E-state index in [1.807, 2.05) is 91.0 Å². The number of nitrogens with zero attached hydrogens (tertiary/aromatic N) is 1. The topological polar surface area (TPSA) is 84.9 Å². The molecule has 0 bridgehead atoms. The Bertz CT molecular complexity index is 1350. The standard InChI is InChI=1S/C32H30N2O5/c1-2-38-32(37)30(35)33-28-20-27(18-19-29(28)39-23-26-16-10-5-11-17-26)31(36)34(21-24-12-6-3-7-13-24)22-25-14-8-4-9-15-25/h3-20H,2,21-23H2,1H3,(H,33,35). The number of nitrogens with one attached hydrogen (secondary N) is 1. The van der Waals surface area contributed by atoms with Crippen LogP contribution >= 0.6 is 0 Å². The van der Waals surface area contributed by atoms with Crippen LogP contribution in [0, 0.1) is 0 Å². The molecule has 0 fully saturated rings. The molecule has 0 heterocycles. The Morgan fingerprint density at radius 2 is 1.26 bits per heavy atom. The van der Waals surface area contributed by atoms with Crippen LogP contribution in [0.2, 0.25) is 0 Å². The van der Waals surface area contributed by atoms with Gasteiger partial charge in [0.15, 0.2) is 0 Å². The predicted octanol–water partition coefficient (Wildman–Crippen LogP) is 5.61. The van der Waals surface area contributed by atoms with E-state index < -0.39 is 11.9 Å². The zero-order chi connectivity index (χ0) is 27.5. The smallest absolute Gasteiger partial charge is 0.397 e. The average molecular weight is 523 g/mol. The minimum absolute atomic E-state index is 0.0656. The maximum absolute atomic E-state index is 13.8. The number of hydrogen-bond acceptors (Lipinski definition) is 5. The Morgan fingerprint density at radius 1 is 0.718 bits per heavy atom. The van der Waals surface area contributed by atoms with Gasteiger partial charge in [0, 0.05) is 18.7 Å². The summed E-state index contributed by atoms with van der Waals surface area (Å²) in [6.45, 7) is 2.71. The molecule has 198 valence electrons. The third kappa shape index (κ3) is 7.79. The van der Waals surface area contributed by atoms with Gasteiger partial charge >= 0.3 is 11.9 Å². The number of ether oxygens (including phenoxy) is 2. The first-order chi connectivity index (χ1) is 19.0. The largest absolute Gasteiger partial charge is 0.487 e. The summed E-state index contributed by atoms with van der Waals surface area (Å²) < 4.78 is 10.8. The van der Waals surface area contributed by atoms with Gasteiger partial charge < -0.3 is 19.7 Å². The molecule has 0 aromatic heterocycles. The molecule has 0 aliphatic rings. The zero-order valence-corrected chi connectivity index (χ0v) is 21.7. The lowest BCUT2D eigenvalue weighted by Gasteiger charge is -2.24. The highest BCUT2D eigenvalue weighted by Crippen LogP contribution is 2.28. The molecule has 7 nitrogen and oxygen atoms in total. The van der Waals surface area contributed by atoms with Crippen LogP contribution in [0.4, 0.5) is 5.69 Å². The summed E-state index contributed by atoms with van der Waals surface area (Å²) in [4.78, 5) is 40.0. The predicted molar refractivity (Wildman–Crippen MR) is 149 cm³/mol. The molecule has 7 heteroatoms. The van der Waals surface area contributed by atoms with Crippen molar-refractivity contribution < 1.29 is 23.9 Å². The molecule has 0 saturated carbocycles. The summed E-state index contributed by atoms with van der Waals surface area (Å²) in [6, 6.07) is 33.8. The maximum Gasteiger partial charge on any atom is 0.397 e. The Balaban J connectivity index is 1.63. The van der Waals surface area contributed by atoms with E-state index in [2.05, 4.69) is 5.32 Å². The molecule has 4 aromatic rings. The average Bonchev–Trinajstić information content (AvgIpc) is 2.97. The number of rotatable bonds is 10. The van der Waals surface area contributed by atoms with E-state index in [4.69, 9.17) is 9.47 Å². The number of amides is 2. The van der Waals surface area contributed by atoms with E-state index in [9.17, 15) is 14.4 Å². The molecule has 2 amide bonds. The van der Waals surface area contributed by atoms with Crippen molar-refractivity contribution >= 4 is 23.5 Å². The van der Waals surface area contributed by atoms with Crippen molar-refractivity contribution in [2.45, 2.75) is 26.6 Å². The second kappa shape index (κ2) is 13.6. The summed E-state index contributed by atoms with van der Waals surface area (Å²) in [5.74, 6) is -1.87. The number of benzene rings is 4. The first-order valence-corrected chi connectivity index (χ1v) is 12.7. The Hall–Kier alpha value is -4.91. The molecule has 0 aliphatic heterocycles. The molecule has 0 radical (unpaired) electrons.